The molecular weight excluding hydrogens is 218 g/mol. The minimum Gasteiger partial charge on any atom is -0.463 e. The highest BCUT2D eigenvalue weighted by Gasteiger charge is 2.24. The zero-order valence-electron chi connectivity index (χ0n) is 9.74. The molecule has 2 rings (SSSR count). The van der Waals surface area contributed by atoms with Crippen molar-refractivity contribution in [3.05, 3.63) is 41.0 Å². The summed E-state index contributed by atoms with van der Waals surface area (Å²) in [5.41, 5.74) is 2.89. The number of benzene rings is 1. The van der Waals surface area contributed by atoms with Gasteiger partial charge in [0, 0.05) is 17.2 Å². The third kappa shape index (κ3) is 2.20. The van der Waals surface area contributed by atoms with E-state index in [1.54, 1.807) is 13.0 Å². The number of fused-ring (bicyclic) bond motifs is 1. The van der Waals surface area contributed by atoms with E-state index >= 15 is 0 Å². The molecule has 4 heteroatoms. The van der Waals surface area contributed by atoms with Gasteiger partial charge in [-0.1, -0.05) is 11.6 Å². The number of aryl methyl sites for hydroxylation is 1. The fraction of sp³-hybridized carbons (Fsp3) is 0.231. The zero-order chi connectivity index (χ0) is 12.4. The molecule has 0 spiro atoms. The number of amides is 1. The van der Waals surface area contributed by atoms with Crippen molar-refractivity contribution in [3.63, 3.8) is 0 Å². The van der Waals surface area contributed by atoms with Gasteiger partial charge in [0.1, 0.15) is 0 Å². The van der Waals surface area contributed by atoms with Gasteiger partial charge in [0.05, 0.1) is 12.3 Å². The van der Waals surface area contributed by atoms with Gasteiger partial charge in [-0.15, -0.1) is 0 Å². The molecule has 0 atom stereocenters. The van der Waals surface area contributed by atoms with Crippen LogP contribution in [0.15, 0.2) is 24.3 Å². The van der Waals surface area contributed by atoms with E-state index in [2.05, 4.69) is 5.32 Å². The summed E-state index contributed by atoms with van der Waals surface area (Å²) in [6.45, 7) is 3.99. The van der Waals surface area contributed by atoms with Gasteiger partial charge in [-0.25, -0.2) is 4.79 Å². The maximum absolute atomic E-state index is 11.6. The lowest BCUT2D eigenvalue weighted by atomic mass is 10.0. The Kier molecular flexibility index (Phi) is 2.95. The second-order valence-corrected chi connectivity index (χ2v) is 3.81. The Balaban J connectivity index is 2.39. The average molecular weight is 231 g/mol. The van der Waals surface area contributed by atoms with Gasteiger partial charge in [-0.05, 0) is 26.0 Å². The zero-order valence-corrected chi connectivity index (χ0v) is 9.74. The topological polar surface area (TPSA) is 55.4 Å². The first-order valence-corrected chi connectivity index (χ1v) is 5.42. The smallest absolute Gasteiger partial charge is 0.332 e. The van der Waals surface area contributed by atoms with Crippen molar-refractivity contribution in [3.8, 4) is 0 Å². The molecule has 0 unspecified atom stereocenters. The fourth-order valence-electron chi connectivity index (χ4n) is 1.75. The first kappa shape index (κ1) is 11.4. The molecule has 4 nitrogen and oxygen atoms in total. The van der Waals surface area contributed by atoms with Crippen LogP contribution in [0.2, 0.25) is 0 Å². The van der Waals surface area contributed by atoms with Crippen LogP contribution in [0.3, 0.4) is 0 Å². The number of esters is 1. The van der Waals surface area contributed by atoms with Gasteiger partial charge < -0.3 is 10.1 Å². The predicted molar refractivity (Wildman–Crippen MR) is 63.3 cm³/mol. The molecule has 1 N–H and O–H groups in total. The number of carbonyl (C=O) groups is 2. The minimum atomic E-state index is -0.447. The highest BCUT2D eigenvalue weighted by molar-refractivity contribution is 6.11. The number of hydrogen-bond acceptors (Lipinski definition) is 3. The first-order chi connectivity index (χ1) is 8.11. The van der Waals surface area contributed by atoms with Gasteiger partial charge in [0.2, 0.25) is 0 Å². The van der Waals surface area contributed by atoms with Crippen LogP contribution in [0.1, 0.15) is 28.4 Å². The summed E-state index contributed by atoms with van der Waals surface area (Å²) in [7, 11) is 0. The molecule has 0 saturated carbocycles. The van der Waals surface area contributed by atoms with Crippen LogP contribution in [0.4, 0.5) is 0 Å². The Morgan fingerprint density at radius 2 is 2.18 bits per heavy atom. The van der Waals surface area contributed by atoms with Crippen molar-refractivity contribution in [2.24, 2.45) is 0 Å². The van der Waals surface area contributed by atoms with E-state index in [0.29, 0.717) is 17.9 Å². The lowest BCUT2D eigenvalue weighted by Crippen LogP contribution is -2.13. The molecule has 0 radical (unpaired) electrons. The van der Waals surface area contributed by atoms with Crippen LogP contribution in [0.5, 0.6) is 0 Å². The van der Waals surface area contributed by atoms with Crippen molar-refractivity contribution in [2.75, 3.05) is 6.61 Å². The van der Waals surface area contributed by atoms with Crippen LogP contribution in [0.25, 0.3) is 5.70 Å². The molecule has 1 heterocycles. The third-order valence-electron chi connectivity index (χ3n) is 2.51. The van der Waals surface area contributed by atoms with Crippen LogP contribution in [-0.2, 0) is 9.53 Å². The molecule has 17 heavy (non-hydrogen) atoms. The Hall–Kier alpha value is -2.10. The van der Waals surface area contributed by atoms with E-state index in [-0.39, 0.29) is 5.91 Å². The molecule has 88 valence electrons. The monoisotopic (exact) mass is 231 g/mol. The lowest BCUT2D eigenvalue weighted by Gasteiger charge is -2.01. The second-order valence-electron chi connectivity index (χ2n) is 3.81. The predicted octanol–water partition coefficient (Wildman–Crippen LogP) is 1.64. The molecule has 1 aromatic carbocycles. The van der Waals surface area contributed by atoms with Crippen molar-refractivity contribution in [1.82, 2.24) is 5.32 Å². The van der Waals surface area contributed by atoms with E-state index in [9.17, 15) is 9.59 Å². The average Bonchev–Trinajstić information content (AvgIpc) is 2.55. The summed E-state index contributed by atoms with van der Waals surface area (Å²) in [6, 6.07) is 5.50. The maximum atomic E-state index is 11.6. The summed E-state index contributed by atoms with van der Waals surface area (Å²) in [5.74, 6) is -0.632. The Labute approximate surface area is 99.3 Å². The summed E-state index contributed by atoms with van der Waals surface area (Å²) >= 11 is 0. The number of rotatable bonds is 2. The number of ether oxygens (including phenoxy) is 1. The molecule has 1 aliphatic rings. The van der Waals surface area contributed by atoms with E-state index in [1.807, 2.05) is 19.1 Å². The summed E-state index contributed by atoms with van der Waals surface area (Å²) in [4.78, 5) is 23.0. The molecule has 0 aliphatic carbocycles. The van der Waals surface area contributed by atoms with E-state index in [4.69, 9.17) is 4.74 Å². The fourth-order valence-corrected chi connectivity index (χ4v) is 1.75. The normalized spacial score (nSPS) is 15.6. The highest BCUT2D eigenvalue weighted by atomic mass is 16.5. The standard InChI is InChI=1S/C13H13NO3/c1-3-17-12(15)7-11-10-6-8(2)4-5-9(10)13(16)14-11/h4-7H,3H2,1-2H3,(H,14,16)/b11-7+. The quantitative estimate of drug-likeness (QED) is 0.622. The van der Waals surface area contributed by atoms with Crippen molar-refractivity contribution >= 4 is 17.6 Å². The minimum absolute atomic E-state index is 0.185. The Morgan fingerprint density at radius 3 is 2.88 bits per heavy atom. The first-order valence-electron chi connectivity index (χ1n) is 5.42. The Morgan fingerprint density at radius 1 is 1.41 bits per heavy atom. The molecular formula is C13H13NO3. The Bertz CT molecular complexity index is 517. The van der Waals surface area contributed by atoms with Crippen LogP contribution < -0.4 is 5.32 Å². The maximum Gasteiger partial charge on any atom is 0.332 e. The molecule has 0 aromatic heterocycles. The van der Waals surface area contributed by atoms with Gasteiger partial charge in [0.15, 0.2) is 0 Å². The summed E-state index contributed by atoms with van der Waals surface area (Å²) in [6.07, 6.45) is 1.31. The number of nitrogens with one attached hydrogen (secondary N) is 1. The van der Waals surface area contributed by atoms with Crippen molar-refractivity contribution in [2.45, 2.75) is 13.8 Å². The molecule has 1 aromatic rings. The summed E-state index contributed by atoms with van der Waals surface area (Å²) in [5, 5.41) is 2.66. The van der Waals surface area contributed by atoms with Crippen molar-refractivity contribution in [1.29, 1.82) is 0 Å². The number of carbonyl (C=O) groups excluding carboxylic acids is 2. The third-order valence-corrected chi connectivity index (χ3v) is 2.51. The molecule has 0 fully saturated rings. The van der Waals surface area contributed by atoms with Gasteiger partial charge in [-0.2, -0.15) is 0 Å². The van der Waals surface area contributed by atoms with Crippen molar-refractivity contribution < 1.29 is 14.3 Å². The lowest BCUT2D eigenvalue weighted by molar-refractivity contribution is -0.137. The molecule has 0 bridgehead atoms. The van der Waals surface area contributed by atoms with Gasteiger partial charge in [-0.3, -0.25) is 4.79 Å². The largest absolute Gasteiger partial charge is 0.463 e. The second kappa shape index (κ2) is 4.41. The SMILES string of the molecule is CCOC(=O)/C=C1/NC(=O)c2ccc(C)cc21. The molecule has 0 saturated heterocycles. The highest BCUT2D eigenvalue weighted by Crippen LogP contribution is 2.25. The van der Waals surface area contributed by atoms with E-state index in [0.717, 1.165) is 11.1 Å². The van der Waals surface area contributed by atoms with E-state index < -0.39 is 5.97 Å². The van der Waals surface area contributed by atoms with E-state index in [1.165, 1.54) is 6.08 Å². The van der Waals surface area contributed by atoms with Crippen LogP contribution in [-0.4, -0.2) is 18.5 Å². The van der Waals surface area contributed by atoms with Gasteiger partial charge in [0.25, 0.3) is 5.91 Å². The van der Waals surface area contributed by atoms with Crippen LogP contribution in [0, 0.1) is 6.92 Å². The molecule has 1 aliphatic heterocycles. The molecule has 1 amide bonds. The van der Waals surface area contributed by atoms with Crippen LogP contribution >= 0.6 is 0 Å². The van der Waals surface area contributed by atoms with Gasteiger partial charge >= 0.3 is 5.97 Å². The number of hydrogen-bond donors (Lipinski definition) is 1. The summed E-state index contributed by atoms with van der Waals surface area (Å²) < 4.78 is 4.82.